The fraction of sp³-hybridized carbons (Fsp3) is 0.407. The Morgan fingerprint density at radius 1 is 1.29 bits per heavy atom. The van der Waals surface area contributed by atoms with Gasteiger partial charge in [-0.05, 0) is 62.4 Å². The van der Waals surface area contributed by atoms with Crippen molar-refractivity contribution in [3.05, 3.63) is 53.1 Å². The normalized spacial score (nSPS) is 18.8. The number of nitriles is 1. The van der Waals surface area contributed by atoms with Crippen molar-refractivity contribution in [2.24, 2.45) is 0 Å². The molecule has 2 heterocycles. The molecule has 8 heteroatoms. The second kappa shape index (κ2) is 9.16. The summed E-state index contributed by atoms with van der Waals surface area (Å²) in [6.45, 7) is 5.41. The van der Waals surface area contributed by atoms with Gasteiger partial charge < -0.3 is 18.9 Å². The summed E-state index contributed by atoms with van der Waals surface area (Å²) in [5.74, 6) is 1.46. The van der Waals surface area contributed by atoms with Crippen molar-refractivity contribution >= 4 is 5.91 Å². The number of nitrogens with zero attached hydrogens (tertiary/aromatic N) is 4. The zero-order valence-electron chi connectivity index (χ0n) is 20.2. The Labute approximate surface area is 204 Å². The lowest BCUT2D eigenvalue weighted by molar-refractivity contribution is -0.134. The maximum Gasteiger partial charge on any atom is 0.258 e. The Bertz CT molecular complexity index is 1310. The average Bonchev–Trinajstić information content (AvgIpc) is 3.59. The highest BCUT2D eigenvalue weighted by Crippen LogP contribution is 2.48. The number of benzene rings is 2. The number of aromatic nitrogens is 2. The van der Waals surface area contributed by atoms with Crippen LogP contribution in [-0.4, -0.2) is 53.9 Å². The van der Waals surface area contributed by atoms with Crippen molar-refractivity contribution in [1.82, 2.24) is 15.0 Å². The molecule has 1 amide bonds. The van der Waals surface area contributed by atoms with Crippen LogP contribution in [0.15, 0.2) is 40.9 Å². The molecule has 5 rings (SSSR count). The fourth-order valence-electron chi connectivity index (χ4n) is 5.34. The molecule has 2 aliphatic rings. The average molecular weight is 473 g/mol. The lowest BCUT2D eigenvalue weighted by Crippen LogP contribution is -2.35. The van der Waals surface area contributed by atoms with Crippen molar-refractivity contribution in [3.8, 4) is 34.7 Å². The number of ether oxygens (including phenoxy) is 2. The highest BCUT2D eigenvalue weighted by atomic mass is 16.5. The van der Waals surface area contributed by atoms with E-state index in [1.54, 1.807) is 19.2 Å². The number of carbonyl (C=O) groups is 1. The molecule has 3 aromatic rings. The van der Waals surface area contributed by atoms with Crippen molar-refractivity contribution < 1.29 is 18.8 Å². The van der Waals surface area contributed by atoms with Crippen LogP contribution in [0.25, 0.3) is 22.8 Å². The molecule has 1 saturated heterocycles. The Morgan fingerprint density at radius 2 is 2.14 bits per heavy atom. The molecule has 2 aromatic carbocycles. The molecule has 180 valence electrons. The first kappa shape index (κ1) is 23.1. The Morgan fingerprint density at radius 3 is 2.91 bits per heavy atom. The molecule has 8 nitrogen and oxygen atoms in total. The standard InChI is InChI=1S/C27H28N4O4/c1-17(2)34-23-8-7-18(13-19(23)14-28)26-29-25(30-35-26)21-5-4-6-22-20(21)9-10-27(22)11-12-31(16-27)24(32)15-33-3/h4-8,13,17H,9-12,15-16H2,1-3H3/t27-/m0/s1. The molecule has 1 aliphatic carbocycles. The zero-order chi connectivity index (χ0) is 24.6. The Kier molecular flexibility index (Phi) is 6.03. The molecule has 35 heavy (non-hydrogen) atoms. The summed E-state index contributed by atoms with van der Waals surface area (Å²) in [6.07, 6.45) is 2.81. The van der Waals surface area contributed by atoms with E-state index in [0.717, 1.165) is 31.4 Å². The quantitative estimate of drug-likeness (QED) is 0.532. The smallest absolute Gasteiger partial charge is 0.258 e. The minimum Gasteiger partial charge on any atom is -0.490 e. The van der Waals surface area contributed by atoms with Crippen LogP contribution in [0.5, 0.6) is 5.75 Å². The zero-order valence-corrected chi connectivity index (χ0v) is 20.2. The van der Waals surface area contributed by atoms with E-state index < -0.39 is 0 Å². The van der Waals surface area contributed by atoms with Crippen LogP contribution in [0.2, 0.25) is 0 Å². The van der Waals surface area contributed by atoms with Gasteiger partial charge in [-0.3, -0.25) is 4.79 Å². The van der Waals surface area contributed by atoms with E-state index in [1.165, 1.54) is 11.1 Å². The first-order chi connectivity index (χ1) is 16.9. The highest BCUT2D eigenvalue weighted by Gasteiger charge is 2.46. The van der Waals surface area contributed by atoms with Crippen LogP contribution in [0, 0.1) is 11.3 Å². The maximum atomic E-state index is 12.4. The van der Waals surface area contributed by atoms with Crippen LogP contribution in [-0.2, 0) is 21.4 Å². The fourth-order valence-corrected chi connectivity index (χ4v) is 5.34. The van der Waals surface area contributed by atoms with Crippen molar-refractivity contribution in [2.75, 3.05) is 26.8 Å². The molecule has 0 N–H and O–H groups in total. The van der Waals surface area contributed by atoms with Crippen LogP contribution in [0.1, 0.15) is 43.4 Å². The summed E-state index contributed by atoms with van der Waals surface area (Å²) in [6, 6.07) is 13.7. The van der Waals surface area contributed by atoms with Gasteiger partial charge in [0.05, 0.1) is 11.7 Å². The van der Waals surface area contributed by atoms with E-state index in [-0.39, 0.29) is 24.0 Å². The van der Waals surface area contributed by atoms with Crippen LogP contribution < -0.4 is 4.74 Å². The molecule has 1 fully saturated rings. The van der Waals surface area contributed by atoms with Gasteiger partial charge in [0.1, 0.15) is 18.4 Å². The topological polar surface area (TPSA) is 101 Å². The number of rotatable bonds is 6. The van der Waals surface area contributed by atoms with Crippen LogP contribution in [0.4, 0.5) is 0 Å². The number of hydrogen-bond acceptors (Lipinski definition) is 7. The number of carbonyl (C=O) groups excluding carboxylic acids is 1. The van der Waals surface area contributed by atoms with Crippen molar-refractivity contribution in [1.29, 1.82) is 5.26 Å². The molecular weight excluding hydrogens is 444 g/mol. The number of fused-ring (bicyclic) bond motifs is 2. The molecule has 1 aliphatic heterocycles. The summed E-state index contributed by atoms with van der Waals surface area (Å²) in [7, 11) is 1.55. The lowest BCUT2D eigenvalue weighted by Gasteiger charge is -2.25. The first-order valence-corrected chi connectivity index (χ1v) is 11.9. The predicted molar refractivity (Wildman–Crippen MR) is 129 cm³/mol. The first-order valence-electron chi connectivity index (χ1n) is 11.9. The van der Waals surface area contributed by atoms with E-state index in [1.807, 2.05) is 36.9 Å². The van der Waals surface area contributed by atoms with Crippen LogP contribution in [0.3, 0.4) is 0 Å². The largest absolute Gasteiger partial charge is 0.490 e. The number of likely N-dealkylation sites (tertiary alicyclic amines) is 1. The van der Waals surface area contributed by atoms with Crippen molar-refractivity contribution in [2.45, 2.75) is 44.6 Å². The molecule has 0 radical (unpaired) electrons. The SMILES string of the molecule is COCC(=O)N1CC[C@@]2(CCc3c(-c4noc(-c5ccc(OC(C)C)c(C#N)c5)n4)cccc32)C1. The maximum absolute atomic E-state index is 12.4. The van der Waals surface area contributed by atoms with E-state index in [9.17, 15) is 10.1 Å². The molecule has 0 saturated carbocycles. The number of methoxy groups -OCH3 is 1. The highest BCUT2D eigenvalue weighted by molar-refractivity contribution is 5.78. The molecule has 0 bridgehead atoms. The van der Waals surface area contributed by atoms with Gasteiger partial charge in [-0.25, -0.2) is 0 Å². The van der Waals surface area contributed by atoms with Gasteiger partial charge in [0.2, 0.25) is 11.7 Å². The monoisotopic (exact) mass is 472 g/mol. The van der Waals surface area contributed by atoms with Gasteiger partial charge >= 0.3 is 0 Å². The predicted octanol–water partition coefficient (Wildman–Crippen LogP) is 4.13. The second-order valence-electron chi connectivity index (χ2n) is 9.52. The summed E-state index contributed by atoms with van der Waals surface area (Å²) in [5, 5.41) is 13.8. The molecule has 1 aromatic heterocycles. The van der Waals surface area contributed by atoms with Crippen LogP contribution >= 0.6 is 0 Å². The molecule has 0 unspecified atom stereocenters. The molecule has 1 atom stereocenters. The molecule has 1 spiro atoms. The summed E-state index contributed by atoms with van der Waals surface area (Å²) < 4.78 is 16.4. The van der Waals surface area contributed by atoms with Gasteiger partial charge in [-0.2, -0.15) is 10.2 Å². The summed E-state index contributed by atoms with van der Waals surface area (Å²) in [5.41, 5.74) is 4.51. The molecular formula is C27H28N4O4. The van der Waals surface area contributed by atoms with E-state index >= 15 is 0 Å². The minimum atomic E-state index is -0.0325. The van der Waals surface area contributed by atoms with E-state index in [0.29, 0.717) is 35.1 Å². The van der Waals surface area contributed by atoms with Gasteiger partial charge in [-0.15, -0.1) is 0 Å². The second-order valence-corrected chi connectivity index (χ2v) is 9.52. The number of hydrogen-bond donors (Lipinski definition) is 0. The van der Waals surface area contributed by atoms with E-state index in [2.05, 4.69) is 22.3 Å². The third-order valence-electron chi connectivity index (χ3n) is 6.95. The third-order valence-corrected chi connectivity index (χ3v) is 6.95. The Balaban J connectivity index is 1.43. The number of amides is 1. The van der Waals surface area contributed by atoms with E-state index in [4.69, 9.17) is 14.0 Å². The Hall–Kier alpha value is -3.70. The van der Waals surface area contributed by atoms with Crippen molar-refractivity contribution in [3.63, 3.8) is 0 Å². The van der Waals surface area contributed by atoms with Gasteiger partial charge in [0, 0.05) is 36.7 Å². The van der Waals surface area contributed by atoms with Gasteiger partial charge in [-0.1, -0.05) is 23.4 Å². The van der Waals surface area contributed by atoms with Gasteiger partial charge in [0.25, 0.3) is 5.89 Å². The minimum absolute atomic E-state index is 0.0310. The summed E-state index contributed by atoms with van der Waals surface area (Å²) in [4.78, 5) is 19.0. The third kappa shape index (κ3) is 4.17. The summed E-state index contributed by atoms with van der Waals surface area (Å²) >= 11 is 0. The lowest BCUT2D eigenvalue weighted by atomic mass is 9.81. The van der Waals surface area contributed by atoms with Gasteiger partial charge in [0.15, 0.2) is 0 Å².